The number of methoxy groups -OCH3 is 1. The van der Waals surface area contributed by atoms with Crippen molar-refractivity contribution in [3.8, 4) is 5.75 Å². The van der Waals surface area contributed by atoms with Crippen molar-refractivity contribution in [2.24, 2.45) is 0 Å². The minimum absolute atomic E-state index is 0.348. The fraction of sp³-hybridized carbons (Fsp3) is 0.500. The molecule has 1 N–H and O–H groups in total. The van der Waals surface area contributed by atoms with E-state index in [0.29, 0.717) is 12.6 Å². The minimum Gasteiger partial charge on any atom is -0.496 e. The van der Waals surface area contributed by atoms with E-state index in [0.717, 1.165) is 29.0 Å². The van der Waals surface area contributed by atoms with Gasteiger partial charge in [-0.2, -0.15) is 5.10 Å². The van der Waals surface area contributed by atoms with E-state index >= 15 is 0 Å². The van der Waals surface area contributed by atoms with Gasteiger partial charge in [0.15, 0.2) is 0 Å². The van der Waals surface area contributed by atoms with Gasteiger partial charge in [0.2, 0.25) is 0 Å². The van der Waals surface area contributed by atoms with Crippen LogP contribution in [0.4, 0.5) is 0 Å². The van der Waals surface area contributed by atoms with Crippen LogP contribution in [0.5, 0.6) is 5.75 Å². The fourth-order valence-corrected chi connectivity index (χ4v) is 2.64. The van der Waals surface area contributed by atoms with E-state index in [2.05, 4.69) is 28.5 Å². The average Bonchev–Trinajstić information content (AvgIpc) is 2.92. The number of aryl methyl sites for hydroxylation is 1. The molecular formula is C16H24N4O. The minimum atomic E-state index is 0.348. The van der Waals surface area contributed by atoms with Crippen LogP contribution in [0.25, 0.3) is 0 Å². The number of rotatable bonds is 6. The maximum absolute atomic E-state index is 5.45. The van der Waals surface area contributed by atoms with Crippen LogP contribution in [0.15, 0.2) is 18.6 Å². The summed E-state index contributed by atoms with van der Waals surface area (Å²) in [5.41, 5.74) is 4.33. The summed E-state index contributed by atoms with van der Waals surface area (Å²) in [7, 11) is 3.67. The second-order valence-corrected chi connectivity index (χ2v) is 5.27. The quantitative estimate of drug-likeness (QED) is 0.888. The van der Waals surface area contributed by atoms with Crippen LogP contribution >= 0.6 is 0 Å². The molecule has 0 radical (unpaired) electrons. The van der Waals surface area contributed by atoms with E-state index < -0.39 is 0 Å². The van der Waals surface area contributed by atoms with E-state index in [-0.39, 0.29) is 0 Å². The topological polar surface area (TPSA) is 52.0 Å². The Morgan fingerprint density at radius 2 is 2.10 bits per heavy atom. The summed E-state index contributed by atoms with van der Waals surface area (Å²) in [5.74, 6) is 0.911. The van der Waals surface area contributed by atoms with Gasteiger partial charge >= 0.3 is 0 Å². The van der Waals surface area contributed by atoms with Crippen LogP contribution in [0.2, 0.25) is 0 Å². The molecule has 0 bridgehead atoms. The first-order valence-electron chi connectivity index (χ1n) is 7.29. The third kappa shape index (κ3) is 3.24. The predicted octanol–water partition coefficient (Wildman–Crippen LogP) is 2.62. The van der Waals surface area contributed by atoms with Crippen molar-refractivity contribution in [3.05, 3.63) is 41.0 Å². The predicted molar refractivity (Wildman–Crippen MR) is 83.7 cm³/mol. The van der Waals surface area contributed by atoms with Crippen LogP contribution in [-0.4, -0.2) is 28.9 Å². The number of hydrogen-bond acceptors (Lipinski definition) is 4. The van der Waals surface area contributed by atoms with Gasteiger partial charge in [-0.1, -0.05) is 6.92 Å². The first-order chi connectivity index (χ1) is 10.1. The SMILES string of the molecule is CCC(NC)c1cnn(Cc2ncc(C)c(OC)c2C)c1. The standard InChI is InChI=1S/C16H24N4O/c1-6-14(17-4)13-8-19-20(9-13)10-15-12(3)16(21-5)11(2)7-18-15/h7-9,14,17H,6,10H2,1-5H3. The Hall–Kier alpha value is -1.88. The molecule has 21 heavy (non-hydrogen) atoms. The van der Waals surface area contributed by atoms with Gasteiger partial charge in [-0.3, -0.25) is 9.67 Å². The molecule has 0 aliphatic rings. The van der Waals surface area contributed by atoms with Gasteiger partial charge in [-0.15, -0.1) is 0 Å². The lowest BCUT2D eigenvalue weighted by Crippen LogP contribution is -2.14. The number of ether oxygens (including phenoxy) is 1. The Bertz CT molecular complexity index is 602. The zero-order valence-corrected chi connectivity index (χ0v) is 13.5. The molecule has 1 atom stereocenters. The summed E-state index contributed by atoms with van der Waals surface area (Å²) in [6.07, 6.45) is 6.90. The van der Waals surface area contributed by atoms with Gasteiger partial charge in [-0.05, 0) is 27.3 Å². The second kappa shape index (κ2) is 6.72. The Morgan fingerprint density at radius 1 is 1.33 bits per heavy atom. The normalized spacial score (nSPS) is 12.4. The highest BCUT2D eigenvalue weighted by molar-refractivity contribution is 5.41. The third-order valence-corrected chi connectivity index (χ3v) is 3.87. The summed E-state index contributed by atoms with van der Waals surface area (Å²) in [5, 5.41) is 7.74. The van der Waals surface area contributed by atoms with E-state index in [1.165, 1.54) is 5.56 Å². The van der Waals surface area contributed by atoms with E-state index in [1.807, 2.05) is 38.0 Å². The first-order valence-corrected chi connectivity index (χ1v) is 7.29. The summed E-state index contributed by atoms with van der Waals surface area (Å²) < 4.78 is 7.38. The number of pyridine rings is 1. The van der Waals surface area contributed by atoms with Crippen molar-refractivity contribution >= 4 is 0 Å². The number of hydrogen-bond donors (Lipinski definition) is 1. The van der Waals surface area contributed by atoms with Crippen molar-refractivity contribution in [2.45, 2.75) is 39.8 Å². The van der Waals surface area contributed by atoms with E-state index in [9.17, 15) is 0 Å². The van der Waals surface area contributed by atoms with Crippen LogP contribution in [0.1, 0.15) is 41.8 Å². The van der Waals surface area contributed by atoms with Crippen molar-refractivity contribution in [2.75, 3.05) is 14.2 Å². The molecule has 0 aliphatic heterocycles. The van der Waals surface area contributed by atoms with Crippen molar-refractivity contribution in [1.29, 1.82) is 0 Å². The molecule has 0 aromatic carbocycles. The molecule has 0 saturated carbocycles. The summed E-state index contributed by atoms with van der Waals surface area (Å²) in [6.45, 7) is 6.87. The molecule has 114 valence electrons. The molecule has 0 spiro atoms. The third-order valence-electron chi connectivity index (χ3n) is 3.87. The summed E-state index contributed by atoms with van der Waals surface area (Å²) >= 11 is 0. The Balaban J connectivity index is 2.23. The number of nitrogens with one attached hydrogen (secondary N) is 1. The van der Waals surface area contributed by atoms with Crippen LogP contribution in [-0.2, 0) is 6.54 Å². The zero-order valence-electron chi connectivity index (χ0n) is 13.5. The molecule has 5 nitrogen and oxygen atoms in total. The maximum atomic E-state index is 5.45. The van der Waals surface area contributed by atoms with Gasteiger partial charge < -0.3 is 10.1 Å². The maximum Gasteiger partial charge on any atom is 0.128 e. The lowest BCUT2D eigenvalue weighted by Gasteiger charge is -2.12. The molecule has 0 saturated heterocycles. The van der Waals surface area contributed by atoms with Gasteiger partial charge in [0.05, 0.1) is 25.5 Å². The Morgan fingerprint density at radius 3 is 2.71 bits per heavy atom. The van der Waals surface area contributed by atoms with E-state index in [4.69, 9.17) is 4.74 Å². The molecule has 0 fully saturated rings. The van der Waals surface area contributed by atoms with Gasteiger partial charge in [-0.25, -0.2) is 0 Å². The summed E-state index contributed by atoms with van der Waals surface area (Å²) in [4.78, 5) is 4.52. The van der Waals surface area contributed by atoms with E-state index in [1.54, 1.807) is 7.11 Å². The Labute approximate surface area is 126 Å². The average molecular weight is 288 g/mol. The highest BCUT2D eigenvalue weighted by Gasteiger charge is 2.12. The largest absolute Gasteiger partial charge is 0.496 e. The van der Waals surface area contributed by atoms with Crippen LogP contribution < -0.4 is 10.1 Å². The van der Waals surface area contributed by atoms with Crippen LogP contribution in [0, 0.1) is 13.8 Å². The number of nitrogens with zero attached hydrogens (tertiary/aromatic N) is 3. The number of aromatic nitrogens is 3. The molecule has 0 amide bonds. The molecule has 2 rings (SSSR count). The fourth-order valence-electron chi connectivity index (χ4n) is 2.64. The summed E-state index contributed by atoms with van der Waals surface area (Å²) in [6, 6.07) is 0.348. The van der Waals surface area contributed by atoms with Gasteiger partial charge in [0.25, 0.3) is 0 Å². The molecule has 2 aromatic heterocycles. The van der Waals surface area contributed by atoms with Crippen molar-refractivity contribution in [3.63, 3.8) is 0 Å². The highest BCUT2D eigenvalue weighted by Crippen LogP contribution is 2.24. The zero-order chi connectivity index (χ0) is 15.4. The molecule has 2 heterocycles. The molecule has 0 aliphatic carbocycles. The lowest BCUT2D eigenvalue weighted by atomic mass is 10.1. The van der Waals surface area contributed by atoms with Crippen molar-refractivity contribution in [1.82, 2.24) is 20.1 Å². The first kappa shape index (κ1) is 15.5. The lowest BCUT2D eigenvalue weighted by molar-refractivity contribution is 0.406. The van der Waals surface area contributed by atoms with Gasteiger partial charge in [0, 0.05) is 35.1 Å². The monoisotopic (exact) mass is 288 g/mol. The van der Waals surface area contributed by atoms with Crippen LogP contribution in [0.3, 0.4) is 0 Å². The molecule has 2 aromatic rings. The van der Waals surface area contributed by atoms with Crippen molar-refractivity contribution < 1.29 is 4.74 Å². The molecular weight excluding hydrogens is 264 g/mol. The molecule has 1 unspecified atom stereocenters. The van der Waals surface area contributed by atoms with Gasteiger partial charge in [0.1, 0.15) is 5.75 Å². The second-order valence-electron chi connectivity index (χ2n) is 5.27. The Kier molecular flexibility index (Phi) is 4.96. The molecule has 5 heteroatoms. The highest BCUT2D eigenvalue weighted by atomic mass is 16.5. The smallest absolute Gasteiger partial charge is 0.128 e.